The van der Waals surface area contributed by atoms with E-state index in [1.165, 1.54) is 11.3 Å². The van der Waals surface area contributed by atoms with Crippen LogP contribution < -0.4 is 16.4 Å². The molecule has 1 aliphatic rings. The number of nitrogens with two attached hydrogens (primary N) is 1. The van der Waals surface area contributed by atoms with Gasteiger partial charge < -0.3 is 16.4 Å². The summed E-state index contributed by atoms with van der Waals surface area (Å²) in [6, 6.07) is 0. The predicted molar refractivity (Wildman–Crippen MR) is 86.6 cm³/mol. The molecular weight excluding hydrogens is 300 g/mol. The minimum atomic E-state index is -0.795. The molecule has 6 nitrogen and oxygen atoms in total. The van der Waals surface area contributed by atoms with Crippen LogP contribution in [0.25, 0.3) is 0 Å². The van der Waals surface area contributed by atoms with Crippen LogP contribution in [0.5, 0.6) is 0 Å². The SMILES string of the molecule is CCCNC(=O)C1(NC(=O)c2csc(CN)n2)CCCCC1. The summed E-state index contributed by atoms with van der Waals surface area (Å²) < 4.78 is 0. The smallest absolute Gasteiger partial charge is 0.271 e. The molecule has 0 spiro atoms. The highest BCUT2D eigenvalue weighted by molar-refractivity contribution is 7.09. The fourth-order valence-corrected chi connectivity index (χ4v) is 3.42. The molecule has 2 rings (SSSR count). The molecule has 0 bridgehead atoms. The van der Waals surface area contributed by atoms with Gasteiger partial charge in [-0.25, -0.2) is 4.98 Å². The first-order valence-electron chi connectivity index (χ1n) is 7.86. The predicted octanol–water partition coefficient (Wildman–Crippen LogP) is 1.56. The number of nitrogens with one attached hydrogen (secondary N) is 2. The summed E-state index contributed by atoms with van der Waals surface area (Å²) in [4.78, 5) is 29.2. The summed E-state index contributed by atoms with van der Waals surface area (Å²) in [5, 5.41) is 8.28. The number of hydrogen-bond acceptors (Lipinski definition) is 5. The summed E-state index contributed by atoms with van der Waals surface area (Å²) >= 11 is 1.36. The highest BCUT2D eigenvalue weighted by atomic mass is 32.1. The minimum Gasteiger partial charge on any atom is -0.354 e. The van der Waals surface area contributed by atoms with Crippen molar-refractivity contribution in [1.29, 1.82) is 0 Å². The molecule has 0 aromatic carbocycles. The van der Waals surface area contributed by atoms with Crippen LogP contribution in [-0.4, -0.2) is 28.9 Å². The van der Waals surface area contributed by atoms with Crippen molar-refractivity contribution in [2.24, 2.45) is 5.73 Å². The highest BCUT2D eigenvalue weighted by Crippen LogP contribution is 2.29. The van der Waals surface area contributed by atoms with Crippen LogP contribution in [0.3, 0.4) is 0 Å². The van der Waals surface area contributed by atoms with Crippen LogP contribution in [0.2, 0.25) is 0 Å². The summed E-state index contributed by atoms with van der Waals surface area (Å²) in [6.45, 7) is 2.96. The Labute approximate surface area is 134 Å². The average Bonchev–Trinajstić information content (AvgIpc) is 3.02. The lowest BCUT2D eigenvalue weighted by molar-refractivity contribution is -0.128. The number of rotatable bonds is 6. The standard InChI is InChI=1S/C15H24N4O2S/c1-2-8-17-14(21)15(6-4-3-5-7-15)19-13(20)11-10-22-12(9-16)18-11/h10H,2-9,16H2,1H3,(H,17,21)(H,19,20). The van der Waals surface area contributed by atoms with Crippen LogP contribution in [0.1, 0.15) is 60.9 Å². The van der Waals surface area contributed by atoms with Crippen molar-refractivity contribution in [3.8, 4) is 0 Å². The molecule has 0 saturated heterocycles. The monoisotopic (exact) mass is 324 g/mol. The second-order valence-electron chi connectivity index (χ2n) is 5.68. The largest absolute Gasteiger partial charge is 0.354 e. The van der Waals surface area contributed by atoms with Crippen LogP contribution in [0.15, 0.2) is 5.38 Å². The summed E-state index contributed by atoms with van der Waals surface area (Å²) in [5.41, 5.74) is 5.08. The Balaban J connectivity index is 2.11. The maximum absolute atomic E-state index is 12.5. The quantitative estimate of drug-likeness (QED) is 0.740. The molecule has 1 fully saturated rings. The Morgan fingerprint density at radius 3 is 2.68 bits per heavy atom. The number of thiazole rings is 1. The highest BCUT2D eigenvalue weighted by Gasteiger charge is 2.41. The Morgan fingerprint density at radius 1 is 1.36 bits per heavy atom. The molecule has 1 saturated carbocycles. The number of carbonyl (C=O) groups is 2. The first-order valence-corrected chi connectivity index (χ1v) is 8.74. The van der Waals surface area contributed by atoms with Gasteiger partial charge in [-0.1, -0.05) is 26.2 Å². The molecular formula is C15H24N4O2S. The van der Waals surface area contributed by atoms with E-state index in [1.807, 2.05) is 6.92 Å². The molecule has 0 radical (unpaired) electrons. The van der Waals surface area contributed by atoms with Crippen molar-refractivity contribution in [1.82, 2.24) is 15.6 Å². The van der Waals surface area contributed by atoms with Crippen LogP contribution in [-0.2, 0) is 11.3 Å². The van der Waals surface area contributed by atoms with Gasteiger partial charge in [0.05, 0.1) is 0 Å². The van der Waals surface area contributed by atoms with Gasteiger partial charge in [0.1, 0.15) is 16.2 Å². The number of aromatic nitrogens is 1. The molecule has 1 aliphatic carbocycles. The third-order valence-electron chi connectivity index (χ3n) is 3.99. The third kappa shape index (κ3) is 3.84. The normalized spacial score (nSPS) is 17.0. The molecule has 0 aliphatic heterocycles. The van der Waals surface area contributed by atoms with E-state index >= 15 is 0 Å². The molecule has 0 unspecified atom stereocenters. The first kappa shape index (κ1) is 16.9. The topological polar surface area (TPSA) is 97.1 Å². The van der Waals surface area contributed by atoms with Gasteiger partial charge in [0.25, 0.3) is 5.91 Å². The van der Waals surface area contributed by atoms with Gasteiger partial charge in [-0.2, -0.15) is 0 Å². The maximum Gasteiger partial charge on any atom is 0.271 e. The van der Waals surface area contributed by atoms with Gasteiger partial charge in [0.15, 0.2) is 0 Å². The second-order valence-corrected chi connectivity index (χ2v) is 6.63. The van der Waals surface area contributed by atoms with Crippen molar-refractivity contribution in [2.45, 2.75) is 57.5 Å². The molecule has 2 amide bonds. The van der Waals surface area contributed by atoms with E-state index in [0.29, 0.717) is 31.6 Å². The van der Waals surface area contributed by atoms with Gasteiger partial charge in [-0.15, -0.1) is 11.3 Å². The van der Waals surface area contributed by atoms with E-state index < -0.39 is 5.54 Å². The molecule has 22 heavy (non-hydrogen) atoms. The molecule has 0 atom stereocenters. The van der Waals surface area contributed by atoms with Crippen LogP contribution in [0.4, 0.5) is 0 Å². The lowest BCUT2D eigenvalue weighted by atomic mass is 9.80. The van der Waals surface area contributed by atoms with Crippen LogP contribution >= 0.6 is 11.3 Å². The van der Waals surface area contributed by atoms with Crippen molar-refractivity contribution in [3.05, 3.63) is 16.1 Å². The molecule has 1 aromatic rings. The van der Waals surface area contributed by atoms with Crippen molar-refractivity contribution in [3.63, 3.8) is 0 Å². The molecule has 7 heteroatoms. The van der Waals surface area contributed by atoms with E-state index in [9.17, 15) is 9.59 Å². The zero-order chi connectivity index (χ0) is 16.0. The van der Waals surface area contributed by atoms with Gasteiger partial charge in [-0.3, -0.25) is 9.59 Å². The van der Waals surface area contributed by atoms with Gasteiger partial charge in [0.2, 0.25) is 5.91 Å². The lowest BCUT2D eigenvalue weighted by Gasteiger charge is -2.36. The van der Waals surface area contributed by atoms with Crippen LogP contribution in [0, 0.1) is 0 Å². The number of hydrogen-bond donors (Lipinski definition) is 3. The average molecular weight is 324 g/mol. The molecule has 1 aromatic heterocycles. The summed E-state index contributed by atoms with van der Waals surface area (Å²) in [5.74, 6) is -0.360. The Kier molecular flexibility index (Phi) is 5.90. The fourth-order valence-electron chi connectivity index (χ4n) is 2.76. The first-order chi connectivity index (χ1) is 10.6. The van der Waals surface area contributed by atoms with Gasteiger partial charge >= 0.3 is 0 Å². The Morgan fingerprint density at radius 2 is 2.09 bits per heavy atom. The Hall–Kier alpha value is -1.47. The van der Waals surface area contributed by atoms with Gasteiger partial charge in [0, 0.05) is 18.5 Å². The zero-order valence-electron chi connectivity index (χ0n) is 13.0. The van der Waals surface area contributed by atoms with Crippen molar-refractivity contribution >= 4 is 23.2 Å². The third-order valence-corrected chi connectivity index (χ3v) is 4.86. The van der Waals surface area contributed by atoms with E-state index in [1.54, 1.807) is 5.38 Å². The molecule has 4 N–H and O–H groups in total. The second kappa shape index (κ2) is 7.69. The van der Waals surface area contributed by atoms with E-state index in [-0.39, 0.29) is 11.8 Å². The molecule has 122 valence electrons. The van der Waals surface area contributed by atoms with Crippen molar-refractivity contribution < 1.29 is 9.59 Å². The number of nitrogens with zero attached hydrogens (tertiary/aromatic N) is 1. The zero-order valence-corrected chi connectivity index (χ0v) is 13.8. The van der Waals surface area contributed by atoms with E-state index in [2.05, 4.69) is 15.6 Å². The Bertz CT molecular complexity index is 523. The van der Waals surface area contributed by atoms with Crippen molar-refractivity contribution in [2.75, 3.05) is 6.54 Å². The number of carbonyl (C=O) groups excluding carboxylic acids is 2. The number of amides is 2. The van der Waals surface area contributed by atoms with E-state index in [0.717, 1.165) is 30.7 Å². The minimum absolute atomic E-state index is 0.0725. The maximum atomic E-state index is 12.5. The summed E-state index contributed by atoms with van der Waals surface area (Å²) in [6.07, 6.45) is 5.24. The van der Waals surface area contributed by atoms with E-state index in [4.69, 9.17) is 5.73 Å². The fraction of sp³-hybridized carbons (Fsp3) is 0.667. The lowest BCUT2D eigenvalue weighted by Crippen LogP contribution is -2.59. The summed E-state index contributed by atoms with van der Waals surface area (Å²) in [7, 11) is 0. The molecule has 1 heterocycles. The van der Waals surface area contributed by atoms with Gasteiger partial charge in [-0.05, 0) is 19.3 Å².